The predicted molar refractivity (Wildman–Crippen MR) is 592 cm³/mol. The van der Waals surface area contributed by atoms with Crippen molar-refractivity contribution in [2.45, 2.75) is 64.2 Å². The highest BCUT2D eigenvalue weighted by molar-refractivity contribution is 5.83. The molecule has 0 spiro atoms. The summed E-state index contributed by atoms with van der Waals surface area (Å²) in [5.41, 5.74) is 23.2. The molecule has 20 aromatic rings. The number of hydrogen-bond acceptors (Lipinski definition) is 18. The summed E-state index contributed by atoms with van der Waals surface area (Å²) < 4.78 is 0. The second-order valence-corrected chi connectivity index (χ2v) is 38.1. The van der Waals surface area contributed by atoms with Crippen LogP contribution in [-0.2, 0) is 12.8 Å². The van der Waals surface area contributed by atoms with Gasteiger partial charge in [-0.25, -0.2) is 0 Å². The molecule has 18 N–H and O–H groups in total. The summed E-state index contributed by atoms with van der Waals surface area (Å²) in [4.78, 5) is 0. The first kappa shape index (κ1) is 102. The fourth-order valence-electron chi connectivity index (χ4n) is 19.3. The second kappa shape index (κ2) is 45.8. The summed E-state index contributed by atoms with van der Waals surface area (Å²) >= 11 is 0. The third kappa shape index (κ3) is 23.9. The van der Waals surface area contributed by atoms with Crippen LogP contribution in [0.25, 0.3) is 89.0 Å². The lowest BCUT2D eigenvalue weighted by atomic mass is 9.81. The number of aromatic hydroxyl groups is 18. The zero-order valence-electron chi connectivity index (χ0n) is 82.5. The van der Waals surface area contributed by atoms with Gasteiger partial charge in [-0.3, -0.25) is 0 Å². The first-order chi connectivity index (χ1) is 72.4. The van der Waals surface area contributed by atoms with Gasteiger partial charge in [0.2, 0.25) is 0 Å². The minimum Gasteiger partial charge on any atom is -0.508 e. The molecule has 0 saturated carbocycles. The van der Waals surface area contributed by atoms with Crippen molar-refractivity contribution in [3.05, 3.63) is 515 Å². The van der Waals surface area contributed by atoms with E-state index in [-0.39, 0.29) is 115 Å². The van der Waals surface area contributed by atoms with Gasteiger partial charge in [-0.15, -0.1) is 0 Å². The average Bonchev–Trinajstić information content (AvgIpc) is 0.828. The Morgan fingerprint density at radius 1 is 0.140 bits per heavy atom. The zero-order chi connectivity index (χ0) is 106. The van der Waals surface area contributed by atoms with Crippen LogP contribution in [0.15, 0.2) is 437 Å². The van der Waals surface area contributed by atoms with Gasteiger partial charge in [0.1, 0.15) is 103 Å². The predicted octanol–water partition coefficient (Wildman–Crippen LogP) is 29.9. The fraction of sp³-hybridized carbons (Fsp3) is 0.0909. The molecule has 150 heavy (non-hydrogen) atoms. The molecule has 18 nitrogen and oxygen atoms in total. The van der Waals surface area contributed by atoms with Crippen LogP contribution in [0.2, 0.25) is 0 Å². The fourth-order valence-corrected chi connectivity index (χ4v) is 19.3. The Hall–Kier alpha value is -19.2. The molecule has 0 unspecified atom stereocenters. The maximum absolute atomic E-state index is 11.2. The van der Waals surface area contributed by atoms with Crippen LogP contribution in [0.3, 0.4) is 0 Å². The SMILES string of the molecule is CC(C)Cc1ccc(C(c2cc(-c3ccc(O)cc3)ccc2O)c2cc(-c3ccc(O)cc3)ccc2O)cc1.CC(C)Cc1ccc(C(c2ccc(O)c(-c3ccccc3O)c2)c2ccc(O)c(-c3ccccc3O)c2)cc1.Oc1ccc(-c2ccc(O)c(C(c3ccc(O)cc3)c3cc(-c4ccc(O)cc4)ccc3O)c2)cc1.Oc1ccc(C(c2ccc(O)c(-c3ccccc3O)c2)c2ccc(O)c(-c3ccccc3O)c2)cc1. The second-order valence-electron chi connectivity index (χ2n) is 38.1. The Kier molecular flexibility index (Phi) is 31.2. The van der Waals surface area contributed by atoms with Gasteiger partial charge >= 0.3 is 0 Å². The molecule has 18 heteroatoms. The lowest BCUT2D eigenvalue weighted by Crippen LogP contribution is -2.06. The van der Waals surface area contributed by atoms with Crippen LogP contribution < -0.4 is 0 Å². The Bertz CT molecular complexity index is 7750. The van der Waals surface area contributed by atoms with Crippen LogP contribution in [0, 0.1) is 11.8 Å². The van der Waals surface area contributed by atoms with Crippen LogP contribution in [-0.4, -0.2) is 91.9 Å². The standard InChI is InChI=1S/2C35H32O4.2C31H24O5/c1-22(2)19-23-3-5-26(6-4-23)35(31-20-27(11-17-33(31)38)24-7-13-29(36)14-8-24)32-21-28(12-18-34(32)39)25-9-15-30(37)16-10-25;1-22(2)19-23-11-13-24(14-12-23)35(25-15-17-33(38)29(20-25)27-7-3-5-9-31(27)36)26-16-18-34(39)30(21-26)28-8-4-6-10-32(28)37;32-24-9-1-19(2-10-24)22-7-15-29(35)27(17-22)31(21-5-13-26(34)14-6-21)28-18-23(8-16-30(28)36)20-3-11-25(33)12-4-20;32-22-13-9-19(10-14-22)31(20-11-15-29(35)25(17-20)23-5-1-3-7-27(23)33)21-12-16-30(36)26(18-21)24-6-2-4-8-28(24)34/h2*3-18,20-22,35-39H,19H2,1-2H3;2*1-18,31-36H. The van der Waals surface area contributed by atoms with Crippen molar-refractivity contribution in [2.75, 3.05) is 0 Å². The minimum absolute atomic E-state index is 0.0327. The van der Waals surface area contributed by atoms with Gasteiger partial charge in [-0.05, 0) is 319 Å². The minimum atomic E-state index is -0.556. The van der Waals surface area contributed by atoms with Gasteiger partial charge < -0.3 is 91.9 Å². The monoisotopic (exact) mass is 1980 g/mol. The molecular formula is C132H112O18. The quantitative estimate of drug-likeness (QED) is 0.0250. The highest BCUT2D eigenvalue weighted by atomic mass is 16.3. The van der Waals surface area contributed by atoms with E-state index in [4.69, 9.17) is 0 Å². The van der Waals surface area contributed by atoms with Crippen LogP contribution in [0.4, 0.5) is 0 Å². The Labute approximate surface area is 869 Å². The molecule has 20 aromatic carbocycles. The molecule has 20 rings (SSSR count). The number of benzene rings is 20. The van der Waals surface area contributed by atoms with Crippen LogP contribution in [0.5, 0.6) is 103 Å². The Morgan fingerprint density at radius 2 is 0.307 bits per heavy atom. The lowest BCUT2D eigenvalue weighted by Gasteiger charge is -2.23. The maximum Gasteiger partial charge on any atom is 0.123 e. The van der Waals surface area contributed by atoms with Crippen molar-refractivity contribution in [1.82, 2.24) is 0 Å². The molecule has 0 aliphatic rings. The number of phenolic OH excluding ortho intramolecular Hbond substituents is 18. The molecule has 0 heterocycles. The number of rotatable bonds is 24. The molecule has 0 aromatic heterocycles. The highest BCUT2D eigenvalue weighted by Gasteiger charge is 2.30. The highest BCUT2D eigenvalue weighted by Crippen LogP contribution is 2.51. The number of para-hydroxylation sites is 4. The summed E-state index contributed by atoms with van der Waals surface area (Å²) in [5, 5.41) is 187. The van der Waals surface area contributed by atoms with Gasteiger partial charge in [0.25, 0.3) is 0 Å². The first-order valence-corrected chi connectivity index (χ1v) is 49.1. The smallest absolute Gasteiger partial charge is 0.123 e. The van der Waals surface area contributed by atoms with Crippen molar-refractivity contribution in [2.24, 2.45) is 11.8 Å². The van der Waals surface area contributed by atoms with Crippen molar-refractivity contribution >= 4 is 0 Å². The first-order valence-electron chi connectivity index (χ1n) is 49.1. The largest absolute Gasteiger partial charge is 0.508 e. The van der Waals surface area contributed by atoms with E-state index >= 15 is 0 Å². The van der Waals surface area contributed by atoms with Crippen molar-refractivity contribution < 1.29 is 91.9 Å². The molecule has 0 radical (unpaired) electrons. The normalized spacial score (nSPS) is 11.2. The van der Waals surface area contributed by atoms with Crippen molar-refractivity contribution in [3.63, 3.8) is 0 Å². The van der Waals surface area contributed by atoms with Crippen LogP contribution in [0.1, 0.15) is 129 Å². The van der Waals surface area contributed by atoms with Gasteiger partial charge in [0, 0.05) is 90.4 Å². The molecule has 0 aliphatic carbocycles. The maximum atomic E-state index is 11.2. The summed E-state index contributed by atoms with van der Waals surface area (Å²) in [7, 11) is 0. The molecule has 0 fully saturated rings. The van der Waals surface area contributed by atoms with E-state index in [1.54, 1.807) is 255 Å². The third-order valence-corrected chi connectivity index (χ3v) is 26.7. The molecule has 0 bridgehead atoms. The zero-order valence-corrected chi connectivity index (χ0v) is 82.5. The van der Waals surface area contributed by atoms with Crippen LogP contribution >= 0.6 is 0 Å². The molecule has 0 atom stereocenters. The molecule has 748 valence electrons. The molecule has 0 aliphatic heterocycles. The average molecular weight is 1990 g/mol. The van der Waals surface area contributed by atoms with E-state index in [1.165, 1.54) is 11.1 Å². The number of phenols is 18. The van der Waals surface area contributed by atoms with E-state index < -0.39 is 11.8 Å². The van der Waals surface area contributed by atoms with Gasteiger partial charge in [0.05, 0.1) is 0 Å². The van der Waals surface area contributed by atoms with Gasteiger partial charge in [0.15, 0.2) is 0 Å². The van der Waals surface area contributed by atoms with Crippen molar-refractivity contribution in [1.29, 1.82) is 0 Å². The summed E-state index contributed by atoms with van der Waals surface area (Å²) in [5.74, 6) is 1.31. The lowest BCUT2D eigenvalue weighted by molar-refractivity contribution is 0.457. The topological polar surface area (TPSA) is 364 Å². The molecule has 0 amide bonds. The van der Waals surface area contributed by atoms with Gasteiger partial charge in [-0.1, -0.05) is 270 Å². The molecular weight excluding hydrogens is 1870 g/mol. The Morgan fingerprint density at radius 3 is 0.513 bits per heavy atom. The van der Waals surface area contributed by atoms with E-state index in [2.05, 4.69) is 76.2 Å². The van der Waals surface area contributed by atoms with E-state index in [0.29, 0.717) is 78.6 Å². The van der Waals surface area contributed by atoms with E-state index in [9.17, 15) is 91.9 Å². The number of hydrogen-bond donors (Lipinski definition) is 18. The Balaban J connectivity index is 0.000000136. The van der Waals surface area contributed by atoms with Gasteiger partial charge in [-0.2, -0.15) is 0 Å². The third-order valence-electron chi connectivity index (χ3n) is 26.7. The summed E-state index contributed by atoms with van der Waals surface area (Å²) in [6.45, 7) is 8.78. The summed E-state index contributed by atoms with van der Waals surface area (Å²) in [6.07, 6.45) is 1.95. The summed E-state index contributed by atoms with van der Waals surface area (Å²) in [6, 6.07) is 128. The molecule has 0 saturated heterocycles. The van der Waals surface area contributed by atoms with Crippen molar-refractivity contribution in [3.8, 4) is 193 Å². The van der Waals surface area contributed by atoms with E-state index in [0.717, 1.165) is 102 Å². The van der Waals surface area contributed by atoms with E-state index in [1.807, 2.05) is 133 Å².